The van der Waals surface area contributed by atoms with Gasteiger partial charge < -0.3 is 14.5 Å². The summed E-state index contributed by atoms with van der Waals surface area (Å²) in [5.41, 5.74) is 9.16. The van der Waals surface area contributed by atoms with E-state index in [2.05, 4.69) is 31.4 Å². The quantitative estimate of drug-likeness (QED) is 0.0674. The van der Waals surface area contributed by atoms with Crippen LogP contribution < -0.4 is 16.4 Å². The molecule has 0 amide bonds. The second-order valence-corrected chi connectivity index (χ2v) is 11.2. The lowest BCUT2D eigenvalue weighted by Crippen LogP contribution is -2.47. The van der Waals surface area contributed by atoms with E-state index in [1.165, 1.54) is 39.4 Å². The van der Waals surface area contributed by atoms with Gasteiger partial charge in [-0.2, -0.15) is 16.4 Å². The standard InChI is InChI=1S/C36H38N6O9/c1-37-49-31(46)18-36(17-16-25-4-6-26(7-5-25)19-40-22-43,32(34(47)50-38-2)29-12-8-27(9-13-29)20-41-23-44)33(35(48)51-39-3)30-14-10-28(11-15-30)21-42-24-45/h4-15,32-33,37-39H,16-21H2,1-3H3. The van der Waals surface area contributed by atoms with Crippen molar-refractivity contribution < 1.29 is 43.3 Å². The number of nitrogens with one attached hydrogen (secondary N) is 3. The topological polar surface area (TPSA) is 203 Å². The molecule has 0 bridgehead atoms. The Balaban J connectivity index is 2.38. The zero-order valence-electron chi connectivity index (χ0n) is 28.3. The Morgan fingerprint density at radius 2 is 0.941 bits per heavy atom. The van der Waals surface area contributed by atoms with Crippen molar-refractivity contribution in [3.05, 3.63) is 106 Å². The summed E-state index contributed by atoms with van der Waals surface area (Å²) >= 11 is 0. The molecule has 2 atom stereocenters. The maximum Gasteiger partial charge on any atom is 0.332 e. The van der Waals surface area contributed by atoms with Crippen LogP contribution in [0.1, 0.15) is 58.1 Å². The summed E-state index contributed by atoms with van der Waals surface area (Å²) in [4.78, 5) is 101. The lowest BCUT2D eigenvalue weighted by atomic mass is 9.58. The van der Waals surface area contributed by atoms with Crippen molar-refractivity contribution in [3.8, 4) is 0 Å². The van der Waals surface area contributed by atoms with Crippen molar-refractivity contribution in [2.75, 3.05) is 21.1 Å². The molecule has 0 aliphatic heterocycles. The van der Waals surface area contributed by atoms with Crippen LogP contribution in [0, 0.1) is 5.41 Å². The molecule has 0 spiro atoms. The number of carbonyl (C=O) groups is 3. The van der Waals surface area contributed by atoms with Gasteiger partial charge in [0.2, 0.25) is 18.2 Å². The average molecular weight is 699 g/mol. The number of aryl methyl sites for hydroxylation is 1. The van der Waals surface area contributed by atoms with Gasteiger partial charge in [0.1, 0.15) is 0 Å². The van der Waals surface area contributed by atoms with E-state index in [4.69, 9.17) is 14.5 Å². The van der Waals surface area contributed by atoms with Crippen molar-refractivity contribution in [1.29, 1.82) is 0 Å². The normalized spacial score (nSPS) is 12.8. The SMILES string of the molecule is CNOC(=O)CC(CCc1ccc(CN=C=O)cc1)(C(C(=O)ONC)c1ccc(CN=C=O)cc1)C(C(=O)ONC)c1ccc(CN=C=O)cc1. The first-order valence-electron chi connectivity index (χ1n) is 15.7. The highest BCUT2D eigenvalue weighted by Crippen LogP contribution is 2.54. The van der Waals surface area contributed by atoms with Gasteiger partial charge in [-0.05, 0) is 46.2 Å². The highest BCUT2D eigenvalue weighted by Gasteiger charge is 2.55. The minimum Gasteiger partial charge on any atom is -0.371 e. The van der Waals surface area contributed by atoms with Crippen LogP contribution in [0.3, 0.4) is 0 Å². The minimum atomic E-state index is -1.65. The van der Waals surface area contributed by atoms with E-state index in [1.807, 2.05) is 12.1 Å². The monoisotopic (exact) mass is 698 g/mol. The molecule has 0 fully saturated rings. The summed E-state index contributed by atoms with van der Waals surface area (Å²) < 4.78 is 0. The molecule has 0 saturated heterocycles. The number of benzene rings is 3. The first kappa shape index (κ1) is 39.5. The fraction of sp³-hybridized carbons (Fsp3) is 0.333. The molecule has 3 aromatic rings. The Kier molecular flexibility index (Phi) is 15.9. The second kappa shape index (κ2) is 20.6. The first-order chi connectivity index (χ1) is 24.8. The van der Waals surface area contributed by atoms with Crippen molar-refractivity contribution in [1.82, 2.24) is 16.4 Å². The third-order valence-electron chi connectivity index (χ3n) is 8.22. The van der Waals surface area contributed by atoms with E-state index < -0.39 is 41.6 Å². The van der Waals surface area contributed by atoms with Crippen LogP contribution >= 0.6 is 0 Å². The van der Waals surface area contributed by atoms with Crippen molar-refractivity contribution >= 4 is 36.1 Å². The summed E-state index contributed by atoms with van der Waals surface area (Å²) in [5.74, 6) is -5.02. The van der Waals surface area contributed by atoms with Gasteiger partial charge in [-0.15, -0.1) is 0 Å². The summed E-state index contributed by atoms with van der Waals surface area (Å²) in [7, 11) is 4.20. The molecule has 0 radical (unpaired) electrons. The Hall–Kier alpha value is -5.91. The van der Waals surface area contributed by atoms with Gasteiger partial charge in [-0.25, -0.2) is 38.9 Å². The molecule has 0 aromatic heterocycles. The van der Waals surface area contributed by atoms with Crippen molar-refractivity contribution in [2.45, 2.75) is 50.7 Å². The lowest BCUT2D eigenvalue weighted by molar-refractivity contribution is -0.166. The molecule has 266 valence electrons. The van der Waals surface area contributed by atoms with Crippen LogP contribution in [0.25, 0.3) is 0 Å². The summed E-state index contributed by atoms with van der Waals surface area (Å²) in [6.45, 7) is 0.226. The van der Waals surface area contributed by atoms with Gasteiger partial charge in [0.05, 0.1) is 37.9 Å². The van der Waals surface area contributed by atoms with Crippen LogP contribution in [-0.2, 0) is 69.3 Å². The van der Waals surface area contributed by atoms with Crippen LogP contribution in [-0.4, -0.2) is 57.3 Å². The molecule has 15 nitrogen and oxygen atoms in total. The molecule has 3 rings (SSSR count). The Morgan fingerprint density at radius 1 is 0.588 bits per heavy atom. The predicted molar refractivity (Wildman–Crippen MR) is 181 cm³/mol. The fourth-order valence-corrected chi connectivity index (χ4v) is 6.08. The van der Waals surface area contributed by atoms with Crippen LogP contribution in [0.5, 0.6) is 0 Å². The summed E-state index contributed by atoms with van der Waals surface area (Å²) in [5, 5.41) is 0. The maximum absolute atomic E-state index is 14.3. The van der Waals surface area contributed by atoms with Crippen molar-refractivity contribution in [2.24, 2.45) is 20.4 Å². The highest BCUT2D eigenvalue weighted by atomic mass is 16.7. The number of hydroxylamine groups is 3. The van der Waals surface area contributed by atoms with Crippen LogP contribution in [0.4, 0.5) is 0 Å². The molecule has 2 unspecified atom stereocenters. The molecule has 0 heterocycles. The van der Waals surface area contributed by atoms with Crippen LogP contribution in [0.2, 0.25) is 0 Å². The zero-order chi connectivity index (χ0) is 37.1. The van der Waals surface area contributed by atoms with E-state index in [-0.39, 0.29) is 32.5 Å². The third kappa shape index (κ3) is 11.0. The fourth-order valence-electron chi connectivity index (χ4n) is 6.08. The van der Waals surface area contributed by atoms with Crippen molar-refractivity contribution in [3.63, 3.8) is 0 Å². The van der Waals surface area contributed by atoms with Gasteiger partial charge in [0.15, 0.2) is 0 Å². The number of nitrogens with zero attached hydrogens (tertiary/aromatic N) is 3. The molecular formula is C36H38N6O9. The second-order valence-electron chi connectivity index (χ2n) is 11.2. The molecule has 51 heavy (non-hydrogen) atoms. The largest absolute Gasteiger partial charge is 0.371 e. The van der Waals surface area contributed by atoms with Gasteiger partial charge in [-0.3, -0.25) is 4.79 Å². The minimum absolute atomic E-state index is 0.0268. The predicted octanol–water partition coefficient (Wildman–Crippen LogP) is 3.10. The first-order valence-corrected chi connectivity index (χ1v) is 15.7. The van der Waals surface area contributed by atoms with Crippen LogP contribution in [0.15, 0.2) is 87.8 Å². The van der Waals surface area contributed by atoms with E-state index in [0.29, 0.717) is 22.3 Å². The number of rotatable bonds is 20. The van der Waals surface area contributed by atoms with E-state index in [9.17, 15) is 28.8 Å². The number of isocyanates is 3. The Morgan fingerprint density at radius 3 is 1.29 bits per heavy atom. The van der Waals surface area contributed by atoms with E-state index in [1.54, 1.807) is 60.7 Å². The zero-order valence-corrected chi connectivity index (χ0v) is 28.3. The third-order valence-corrected chi connectivity index (χ3v) is 8.22. The highest BCUT2D eigenvalue weighted by molar-refractivity contribution is 5.87. The Bertz CT molecular complexity index is 1680. The van der Waals surface area contributed by atoms with Gasteiger partial charge in [0.25, 0.3) is 0 Å². The number of aliphatic imine (C=N–C) groups is 3. The van der Waals surface area contributed by atoms with Gasteiger partial charge in [-0.1, -0.05) is 72.8 Å². The molecule has 3 aromatic carbocycles. The smallest absolute Gasteiger partial charge is 0.332 e. The Labute approximate surface area is 294 Å². The molecular weight excluding hydrogens is 660 g/mol. The van der Waals surface area contributed by atoms with Gasteiger partial charge >= 0.3 is 17.9 Å². The maximum atomic E-state index is 14.3. The molecule has 0 aliphatic carbocycles. The van der Waals surface area contributed by atoms with E-state index in [0.717, 1.165) is 11.1 Å². The molecule has 0 aliphatic rings. The van der Waals surface area contributed by atoms with E-state index >= 15 is 0 Å². The average Bonchev–Trinajstić information content (AvgIpc) is 3.13. The number of hydrogen-bond acceptors (Lipinski definition) is 15. The summed E-state index contributed by atoms with van der Waals surface area (Å²) in [6, 6.07) is 20.4. The number of hydrogen-bond donors (Lipinski definition) is 3. The van der Waals surface area contributed by atoms with Gasteiger partial charge in [0, 0.05) is 26.6 Å². The lowest BCUT2D eigenvalue weighted by Gasteiger charge is -2.44. The molecule has 3 N–H and O–H groups in total. The molecule has 15 heteroatoms. The molecule has 0 saturated carbocycles. The summed E-state index contributed by atoms with van der Waals surface area (Å²) in [6.07, 6.45) is 4.29. The number of carbonyl (C=O) groups excluding carboxylic acids is 6.